The van der Waals surface area contributed by atoms with Crippen molar-refractivity contribution in [1.29, 1.82) is 0 Å². The van der Waals surface area contributed by atoms with Crippen molar-refractivity contribution in [3.05, 3.63) is 23.9 Å². The highest BCUT2D eigenvalue weighted by Crippen LogP contribution is 2.21. The predicted molar refractivity (Wildman–Crippen MR) is 81.0 cm³/mol. The van der Waals surface area contributed by atoms with Crippen molar-refractivity contribution < 1.29 is 9.53 Å². The number of carbonyl (C=O) groups is 1. The van der Waals surface area contributed by atoms with Crippen LogP contribution in [0.1, 0.15) is 30.3 Å². The highest BCUT2D eigenvalue weighted by atomic mass is 16.5. The standard InChI is InChI=1S/C15H20N4O2/c1-9(10-4-6-21-7-5-10)17-15(20)14-12-8-11(16)2-3-13(12)18-19-14/h2-3,8-10H,4-7,16H2,1H3,(H,17,20)(H,18,19). The first-order chi connectivity index (χ1) is 10.1. The van der Waals surface area contributed by atoms with Crippen molar-refractivity contribution in [2.24, 2.45) is 5.92 Å². The van der Waals surface area contributed by atoms with E-state index >= 15 is 0 Å². The van der Waals surface area contributed by atoms with Crippen LogP contribution >= 0.6 is 0 Å². The number of benzene rings is 1. The van der Waals surface area contributed by atoms with E-state index in [4.69, 9.17) is 10.5 Å². The predicted octanol–water partition coefficient (Wildman–Crippen LogP) is 1.69. The van der Waals surface area contributed by atoms with Gasteiger partial charge in [-0.1, -0.05) is 0 Å². The minimum atomic E-state index is -0.161. The topological polar surface area (TPSA) is 93.0 Å². The molecule has 1 atom stereocenters. The molecule has 1 saturated heterocycles. The summed E-state index contributed by atoms with van der Waals surface area (Å²) in [6.45, 7) is 3.58. The van der Waals surface area contributed by atoms with Crippen molar-refractivity contribution in [3.8, 4) is 0 Å². The molecule has 112 valence electrons. The highest BCUT2D eigenvalue weighted by molar-refractivity contribution is 6.05. The zero-order chi connectivity index (χ0) is 14.8. The van der Waals surface area contributed by atoms with Gasteiger partial charge in [0.25, 0.3) is 5.91 Å². The lowest BCUT2D eigenvalue weighted by Crippen LogP contribution is -2.40. The molecular weight excluding hydrogens is 268 g/mol. The van der Waals surface area contributed by atoms with E-state index in [9.17, 15) is 4.79 Å². The van der Waals surface area contributed by atoms with Gasteiger partial charge in [0.1, 0.15) is 0 Å². The Kier molecular flexibility index (Phi) is 3.79. The number of ether oxygens (including phenoxy) is 1. The summed E-state index contributed by atoms with van der Waals surface area (Å²) in [7, 11) is 0. The first kappa shape index (κ1) is 13.9. The van der Waals surface area contributed by atoms with E-state index in [1.165, 1.54) is 0 Å². The number of carbonyl (C=O) groups excluding carboxylic acids is 1. The van der Waals surface area contributed by atoms with Gasteiger partial charge < -0.3 is 15.8 Å². The molecule has 2 aromatic rings. The maximum atomic E-state index is 12.4. The summed E-state index contributed by atoms with van der Waals surface area (Å²) in [6, 6.07) is 5.49. The van der Waals surface area contributed by atoms with Crippen molar-refractivity contribution in [2.75, 3.05) is 18.9 Å². The summed E-state index contributed by atoms with van der Waals surface area (Å²) in [5.74, 6) is 0.295. The SMILES string of the molecule is CC(NC(=O)c1n[nH]c2ccc(N)cc12)C1CCOCC1. The molecule has 1 aromatic carbocycles. The molecule has 0 radical (unpaired) electrons. The second-order valence-electron chi connectivity index (χ2n) is 5.59. The maximum Gasteiger partial charge on any atom is 0.272 e. The molecule has 0 aliphatic carbocycles. The molecule has 0 saturated carbocycles. The van der Waals surface area contributed by atoms with E-state index in [0.717, 1.165) is 37.0 Å². The van der Waals surface area contributed by atoms with E-state index in [-0.39, 0.29) is 11.9 Å². The number of nitrogens with one attached hydrogen (secondary N) is 2. The Balaban J connectivity index is 1.75. The Labute approximate surface area is 123 Å². The lowest BCUT2D eigenvalue weighted by Gasteiger charge is -2.28. The average Bonchev–Trinajstić information content (AvgIpc) is 2.91. The quantitative estimate of drug-likeness (QED) is 0.749. The van der Waals surface area contributed by atoms with Gasteiger partial charge in [-0.3, -0.25) is 9.89 Å². The third kappa shape index (κ3) is 2.85. The minimum absolute atomic E-state index is 0.106. The van der Waals surface area contributed by atoms with Gasteiger partial charge in [0.2, 0.25) is 0 Å². The van der Waals surface area contributed by atoms with Gasteiger partial charge >= 0.3 is 0 Å². The molecule has 3 rings (SSSR count). The van der Waals surface area contributed by atoms with Crippen molar-refractivity contribution >= 4 is 22.5 Å². The summed E-state index contributed by atoms with van der Waals surface area (Å²) in [6.07, 6.45) is 1.96. The number of rotatable bonds is 3. The molecule has 21 heavy (non-hydrogen) atoms. The minimum Gasteiger partial charge on any atom is -0.399 e. The van der Waals surface area contributed by atoms with Gasteiger partial charge in [-0.15, -0.1) is 0 Å². The monoisotopic (exact) mass is 288 g/mol. The molecular formula is C15H20N4O2. The molecule has 2 heterocycles. The van der Waals surface area contributed by atoms with E-state index in [1.54, 1.807) is 12.1 Å². The fourth-order valence-corrected chi connectivity index (χ4v) is 2.81. The van der Waals surface area contributed by atoms with E-state index in [2.05, 4.69) is 15.5 Å². The normalized spacial score (nSPS) is 17.8. The molecule has 1 amide bonds. The lowest BCUT2D eigenvalue weighted by atomic mass is 9.93. The Hall–Kier alpha value is -2.08. The Morgan fingerprint density at radius 3 is 3.00 bits per heavy atom. The lowest BCUT2D eigenvalue weighted by molar-refractivity contribution is 0.0538. The van der Waals surface area contributed by atoms with E-state index in [1.807, 2.05) is 13.0 Å². The number of anilines is 1. The summed E-state index contributed by atoms with van der Waals surface area (Å²) in [5, 5.41) is 10.8. The Bertz CT molecular complexity index is 646. The second-order valence-corrected chi connectivity index (χ2v) is 5.59. The van der Waals surface area contributed by atoms with Gasteiger partial charge in [-0.25, -0.2) is 0 Å². The third-order valence-electron chi connectivity index (χ3n) is 4.13. The maximum absolute atomic E-state index is 12.4. The smallest absolute Gasteiger partial charge is 0.272 e. The van der Waals surface area contributed by atoms with Gasteiger partial charge in [-0.2, -0.15) is 5.10 Å². The third-order valence-corrected chi connectivity index (χ3v) is 4.13. The molecule has 1 fully saturated rings. The van der Waals surface area contributed by atoms with Crippen molar-refractivity contribution in [3.63, 3.8) is 0 Å². The molecule has 6 nitrogen and oxygen atoms in total. The average molecular weight is 288 g/mol. The summed E-state index contributed by atoms with van der Waals surface area (Å²) >= 11 is 0. The number of fused-ring (bicyclic) bond motifs is 1. The number of H-pyrrole nitrogens is 1. The Morgan fingerprint density at radius 2 is 2.24 bits per heavy atom. The zero-order valence-electron chi connectivity index (χ0n) is 12.1. The molecule has 1 aromatic heterocycles. The van der Waals surface area contributed by atoms with Crippen LogP contribution in [0.5, 0.6) is 0 Å². The van der Waals surface area contributed by atoms with Gasteiger partial charge in [0.15, 0.2) is 5.69 Å². The number of nitrogens with zero attached hydrogens (tertiary/aromatic N) is 1. The largest absolute Gasteiger partial charge is 0.399 e. The van der Waals surface area contributed by atoms with Crippen LogP contribution in [0.3, 0.4) is 0 Å². The van der Waals surface area contributed by atoms with Crippen LogP contribution in [0.25, 0.3) is 10.9 Å². The van der Waals surface area contributed by atoms with E-state index < -0.39 is 0 Å². The van der Waals surface area contributed by atoms with Crippen LogP contribution in [-0.2, 0) is 4.74 Å². The van der Waals surface area contributed by atoms with Crippen molar-refractivity contribution in [2.45, 2.75) is 25.8 Å². The summed E-state index contributed by atoms with van der Waals surface area (Å²) in [5.41, 5.74) is 7.62. The van der Waals surface area contributed by atoms with Gasteiger partial charge in [0.05, 0.1) is 5.52 Å². The van der Waals surface area contributed by atoms with Gasteiger partial charge in [-0.05, 0) is 43.9 Å². The number of aromatic nitrogens is 2. The molecule has 4 N–H and O–H groups in total. The van der Waals surface area contributed by atoms with Crippen molar-refractivity contribution in [1.82, 2.24) is 15.5 Å². The highest BCUT2D eigenvalue weighted by Gasteiger charge is 2.23. The molecule has 0 bridgehead atoms. The number of nitrogen functional groups attached to an aromatic ring is 1. The first-order valence-electron chi connectivity index (χ1n) is 7.27. The molecule has 1 aliphatic heterocycles. The Morgan fingerprint density at radius 1 is 1.48 bits per heavy atom. The van der Waals surface area contributed by atoms with Gasteiger partial charge in [0, 0.05) is 30.3 Å². The fourth-order valence-electron chi connectivity index (χ4n) is 2.81. The molecule has 1 unspecified atom stereocenters. The van der Waals surface area contributed by atoms with Crippen LogP contribution in [-0.4, -0.2) is 35.4 Å². The van der Waals surface area contributed by atoms with Crippen LogP contribution < -0.4 is 11.1 Å². The van der Waals surface area contributed by atoms with E-state index in [0.29, 0.717) is 17.3 Å². The van der Waals surface area contributed by atoms with Crippen LogP contribution in [0.2, 0.25) is 0 Å². The summed E-state index contributed by atoms with van der Waals surface area (Å²) < 4.78 is 5.35. The number of amides is 1. The summed E-state index contributed by atoms with van der Waals surface area (Å²) in [4.78, 5) is 12.4. The number of hydrogen-bond donors (Lipinski definition) is 3. The first-order valence-corrected chi connectivity index (χ1v) is 7.27. The van der Waals surface area contributed by atoms with Crippen LogP contribution in [0.15, 0.2) is 18.2 Å². The second kappa shape index (κ2) is 5.73. The fraction of sp³-hybridized carbons (Fsp3) is 0.467. The van der Waals surface area contributed by atoms with Crippen LogP contribution in [0, 0.1) is 5.92 Å². The number of hydrogen-bond acceptors (Lipinski definition) is 4. The number of aromatic amines is 1. The number of nitrogens with two attached hydrogens (primary N) is 1. The van der Waals surface area contributed by atoms with Crippen LogP contribution in [0.4, 0.5) is 5.69 Å². The molecule has 0 spiro atoms. The molecule has 1 aliphatic rings. The zero-order valence-corrected chi connectivity index (χ0v) is 12.1. The molecule has 6 heteroatoms.